The van der Waals surface area contributed by atoms with Gasteiger partial charge in [0, 0.05) is 58.8 Å². The molecule has 0 aliphatic carbocycles. The number of hydrogen-bond donors (Lipinski definition) is 2. The van der Waals surface area contributed by atoms with Gasteiger partial charge in [-0.2, -0.15) is 0 Å². The van der Waals surface area contributed by atoms with Crippen molar-refractivity contribution in [2.45, 2.75) is 32.5 Å². The first-order chi connectivity index (χ1) is 19.4. The number of anilines is 2. The maximum atomic E-state index is 14.8. The number of benzene rings is 3. The van der Waals surface area contributed by atoms with Gasteiger partial charge in [0.15, 0.2) is 0 Å². The molecule has 1 fully saturated rings. The quantitative estimate of drug-likeness (QED) is 0.304. The minimum absolute atomic E-state index is 0.0378. The molecule has 2 aliphatic heterocycles. The average Bonchev–Trinajstić information content (AvgIpc) is 3.09. The Morgan fingerprint density at radius 3 is 2.45 bits per heavy atom. The molecule has 2 N–H and O–H groups in total. The topological polar surface area (TPSA) is 69.6 Å². The van der Waals surface area contributed by atoms with E-state index in [2.05, 4.69) is 29.5 Å². The molecule has 3 aromatic carbocycles. The Morgan fingerprint density at radius 2 is 1.70 bits per heavy atom. The number of rotatable bonds is 4. The normalized spacial score (nSPS) is 18.3. The Labute approximate surface area is 237 Å². The van der Waals surface area contributed by atoms with Gasteiger partial charge in [-0.05, 0) is 85.1 Å². The molecular formula is C32H29ClFN5O. The fraction of sp³-hybridized carbons (Fsp3) is 0.219. The number of carbonyl (C=O) groups is 1. The van der Waals surface area contributed by atoms with Crippen molar-refractivity contribution in [3.63, 3.8) is 0 Å². The summed E-state index contributed by atoms with van der Waals surface area (Å²) in [6.45, 7) is 5.93. The monoisotopic (exact) mass is 553 g/mol. The van der Waals surface area contributed by atoms with Crippen LogP contribution in [0.25, 0.3) is 11.1 Å². The van der Waals surface area contributed by atoms with Gasteiger partial charge >= 0.3 is 0 Å². The van der Waals surface area contributed by atoms with E-state index < -0.39 is 0 Å². The predicted molar refractivity (Wildman–Crippen MR) is 158 cm³/mol. The van der Waals surface area contributed by atoms with Crippen LogP contribution in [0.4, 0.5) is 15.9 Å². The van der Waals surface area contributed by atoms with Crippen LogP contribution in [-0.2, 0) is 6.54 Å². The van der Waals surface area contributed by atoms with Crippen molar-refractivity contribution >= 4 is 34.7 Å². The molecule has 1 aromatic heterocycles. The maximum absolute atomic E-state index is 14.8. The van der Waals surface area contributed by atoms with Gasteiger partial charge in [0.25, 0.3) is 5.91 Å². The Kier molecular flexibility index (Phi) is 7.09. The number of nitrogens with zero attached hydrogens (tertiary/aromatic N) is 3. The minimum atomic E-state index is -0.332. The van der Waals surface area contributed by atoms with Crippen LogP contribution >= 0.6 is 11.6 Å². The molecule has 1 amide bonds. The number of aliphatic imine (C=N–C) groups is 1. The van der Waals surface area contributed by atoms with Gasteiger partial charge in [-0.3, -0.25) is 9.79 Å². The molecule has 0 saturated carbocycles. The molecule has 3 heterocycles. The third-order valence-corrected chi connectivity index (χ3v) is 7.53. The Hall–Kier alpha value is -4.07. The fourth-order valence-electron chi connectivity index (χ4n) is 5.53. The highest BCUT2D eigenvalue weighted by molar-refractivity contribution is 6.31. The molecule has 202 valence electrons. The first-order valence-corrected chi connectivity index (χ1v) is 13.7. The Morgan fingerprint density at radius 1 is 0.950 bits per heavy atom. The molecule has 0 radical (unpaired) electrons. The van der Waals surface area contributed by atoms with E-state index >= 15 is 0 Å². The summed E-state index contributed by atoms with van der Waals surface area (Å²) in [4.78, 5) is 24.4. The number of amides is 1. The van der Waals surface area contributed by atoms with E-state index in [-0.39, 0.29) is 23.8 Å². The number of carbonyl (C=O) groups excluding carboxylic acids is 1. The lowest BCUT2D eigenvalue weighted by Gasteiger charge is -2.36. The summed E-state index contributed by atoms with van der Waals surface area (Å²) in [6.07, 6.45) is 1.80. The molecule has 0 spiro atoms. The first-order valence-electron chi connectivity index (χ1n) is 13.4. The minimum Gasteiger partial charge on any atom is -0.340 e. The predicted octanol–water partition coefficient (Wildman–Crippen LogP) is 6.46. The van der Waals surface area contributed by atoms with Crippen molar-refractivity contribution in [2.75, 3.05) is 18.4 Å². The summed E-state index contributed by atoms with van der Waals surface area (Å²) in [6, 6.07) is 22.2. The highest BCUT2D eigenvalue weighted by atomic mass is 35.5. The first kappa shape index (κ1) is 26.2. The van der Waals surface area contributed by atoms with Gasteiger partial charge in [-0.1, -0.05) is 29.8 Å². The Bertz CT molecular complexity index is 1610. The van der Waals surface area contributed by atoms with Crippen LogP contribution in [-0.4, -0.2) is 46.7 Å². The van der Waals surface area contributed by atoms with E-state index in [1.807, 2.05) is 53.4 Å². The van der Waals surface area contributed by atoms with Crippen LogP contribution in [0.3, 0.4) is 0 Å². The van der Waals surface area contributed by atoms with Crippen LogP contribution < -0.4 is 10.6 Å². The number of pyridine rings is 1. The zero-order valence-electron chi connectivity index (χ0n) is 22.3. The van der Waals surface area contributed by atoms with Crippen LogP contribution in [0.1, 0.15) is 40.9 Å². The number of fused-ring (bicyclic) bond motifs is 3. The van der Waals surface area contributed by atoms with Gasteiger partial charge in [0.2, 0.25) is 0 Å². The van der Waals surface area contributed by atoms with E-state index in [0.717, 1.165) is 27.9 Å². The van der Waals surface area contributed by atoms with Gasteiger partial charge in [0.1, 0.15) is 11.6 Å². The lowest BCUT2D eigenvalue weighted by Crippen LogP contribution is -2.55. The van der Waals surface area contributed by atoms with E-state index in [0.29, 0.717) is 47.3 Å². The zero-order chi connectivity index (χ0) is 27.8. The lowest BCUT2D eigenvalue weighted by molar-refractivity contribution is 0.0674. The van der Waals surface area contributed by atoms with Crippen LogP contribution in [0.15, 0.2) is 84.0 Å². The van der Waals surface area contributed by atoms with E-state index in [9.17, 15) is 9.18 Å². The largest absolute Gasteiger partial charge is 0.340 e. The third-order valence-electron chi connectivity index (χ3n) is 7.30. The summed E-state index contributed by atoms with van der Waals surface area (Å²) in [7, 11) is 0. The third kappa shape index (κ3) is 5.22. The molecular weight excluding hydrogens is 525 g/mol. The standard InChI is InChI=1S/C32H29ClFN5O/c1-19-17-39(18-20(2)37-19)32(40)21-7-10-24(11-8-21)38-30-14-27-22(15-35-30)16-36-31(26-5-3-4-6-29(26)34)28-13-23(33)9-12-25(27)28/h3-15,19-20,37H,16-18H2,1-2H3,(H,35,38). The van der Waals surface area contributed by atoms with Crippen molar-refractivity contribution in [3.05, 3.63) is 112 Å². The van der Waals surface area contributed by atoms with Crippen molar-refractivity contribution in [1.82, 2.24) is 15.2 Å². The van der Waals surface area contributed by atoms with Crippen LogP contribution in [0.5, 0.6) is 0 Å². The summed E-state index contributed by atoms with van der Waals surface area (Å²) in [5, 5.41) is 7.37. The molecule has 4 aromatic rings. The van der Waals surface area contributed by atoms with Gasteiger partial charge < -0.3 is 15.5 Å². The number of aromatic nitrogens is 1. The van der Waals surface area contributed by atoms with Gasteiger partial charge in [0.05, 0.1) is 12.3 Å². The molecule has 2 atom stereocenters. The molecule has 0 bridgehead atoms. The van der Waals surface area contributed by atoms with Crippen molar-refractivity contribution in [3.8, 4) is 11.1 Å². The molecule has 6 rings (SSSR count). The molecule has 2 unspecified atom stereocenters. The lowest BCUT2D eigenvalue weighted by atomic mass is 9.92. The van der Waals surface area contributed by atoms with Gasteiger partial charge in [-0.15, -0.1) is 0 Å². The average molecular weight is 554 g/mol. The SMILES string of the molecule is CC1CN(C(=O)c2ccc(Nc3cc4c(cn3)CN=C(c3ccccc3F)c3cc(Cl)ccc3-4)cc2)CC(C)N1. The van der Waals surface area contributed by atoms with E-state index in [1.54, 1.807) is 24.4 Å². The smallest absolute Gasteiger partial charge is 0.253 e. The fourth-order valence-corrected chi connectivity index (χ4v) is 5.70. The van der Waals surface area contributed by atoms with E-state index in [1.165, 1.54) is 6.07 Å². The van der Waals surface area contributed by atoms with Crippen molar-refractivity contribution in [1.29, 1.82) is 0 Å². The van der Waals surface area contributed by atoms with E-state index in [4.69, 9.17) is 16.6 Å². The number of nitrogens with one attached hydrogen (secondary N) is 2. The molecule has 2 aliphatic rings. The highest BCUT2D eigenvalue weighted by Gasteiger charge is 2.26. The van der Waals surface area contributed by atoms with Gasteiger partial charge in [-0.25, -0.2) is 9.37 Å². The summed E-state index contributed by atoms with van der Waals surface area (Å²) in [5.41, 5.74) is 6.04. The highest BCUT2D eigenvalue weighted by Crippen LogP contribution is 2.36. The molecule has 6 nitrogen and oxygen atoms in total. The second-order valence-electron chi connectivity index (χ2n) is 10.4. The zero-order valence-corrected chi connectivity index (χ0v) is 23.0. The second-order valence-corrected chi connectivity index (χ2v) is 10.9. The van der Waals surface area contributed by atoms with Crippen molar-refractivity contribution < 1.29 is 9.18 Å². The molecule has 8 heteroatoms. The number of halogens is 2. The summed E-state index contributed by atoms with van der Waals surface area (Å²) < 4.78 is 14.8. The molecule has 40 heavy (non-hydrogen) atoms. The molecule has 1 saturated heterocycles. The second kappa shape index (κ2) is 10.8. The van der Waals surface area contributed by atoms with Crippen LogP contribution in [0.2, 0.25) is 5.02 Å². The summed E-state index contributed by atoms with van der Waals surface area (Å²) >= 11 is 6.38. The summed E-state index contributed by atoms with van der Waals surface area (Å²) in [5.74, 6) is 0.357. The number of hydrogen-bond acceptors (Lipinski definition) is 5. The number of piperazine rings is 1. The maximum Gasteiger partial charge on any atom is 0.253 e. The van der Waals surface area contributed by atoms with Crippen LogP contribution in [0, 0.1) is 5.82 Å². The van der Waals surface area contributed by atoms with Crippen molar-refractivity contribution in [2.24, 2.45) is 4.99 Å². The Balaban J connectivity index is 1.27.